The van der Waals surface area contributed by atoms with Crippen molar-refractivity contribution in [2.45, 2.75) is 13.0 Å². The number of hydrazone groups is 1. The summed E-state index contributed by atoms with van der Waals surface area (Å²) in [6.45, 7) is 0.574. The number of nitrogens with one attached hydrogen (secondary N) is 1. The molecule has 1 aliphatic heterocycles. The van der Waals surface area contributed by atoms with Gasteiger partial charge in [0.2, 0.25) is 0 Å². The lowest BCUT2D eigenvalue weighted by molar-refractivity contribution is -0.393. The lowest BCUT2D eigenvalue weighted by atomic mass is 10.1. The zero-order chi connectivity index (χ0) is 21.5. The van der Waals surface area contributed by atoms with E-state index in [4.69, 9.17) is 0 Å². The number of nitriles is 1. The van der Waals surface area contributed by atoms with Gasteiger partial charge in [-0.1, -0.05) is 30.3 Å². The van der Waals surface area contributed by atoms with Gasteiger partial charge in [0.1, 0.15) is 5.69 Å². The van der Waals surface area contributed by atoms with Crippen LogP contribution < -0.4 is 5.43 Å². The van der Waals surface area contributed by atoms with Crippen LogP contribution in [0.3, 0.4) is 0 Å². The Balaban J connectivity index is 1.76. The molecule has 10 nitrogen and oxygen atoms in total. The average Bonchev–Trinajstić information content (AvgIpc) is 2.74. The van der Waals surface area contributed by atoms with Crippen molar-refractivity contribution in [1.82, 2.24) is 4.90 Å². The summed E-state index contributed by atoms with van der Waals surface area (Å²) >= 11 is 0. The highest BCUT2D eigenvalue weighted by Gasteiger charge is 2.19. The Morgan fingerprint density at radius 1 is 1.13 bits per heavy atom. The summed E-state index contributed by atoms with van der Waals surface area (Å²) in [5.41, 5.74) is 4.08. The van der Waals surface area contributed by atoms with Crippen molar-refractivity contribution < 1.29 is 9.85 Å². The van der Waals surface area contributed by atoms with Crippen LogP contribution in [0.2, 0.25) is 0 Å². The maximum atomic E-state index is 11.2. The molecule has 30 heavy (non-hydrogen) atoms. The molecular weight excluding hydrogens is 388 g/mol. The second kappa shape index (κ2) is 9.11. The molecule has 0 aliphatic carbocycles. The van der Waals surface area contributed by atoms with Crippen molar-refractivity contribution in [3.8, 4) is 6.07 Å². The second-order valence-electron chi connectivity index (χ2n) is 6.39. The van der Waals surface area contributed by atoms with Crippen molar-refractivity contribution in [1.29, 1.82) is 5.26 Å². The third kappa shape index (κ3) is 5.05. The maximum absolute atomic E-state index is 11.2. The van der Waals surface area contributed by atoms with Crippen LogP contribution in [0.5, 0.6) is 0 Å². The molecule has 1 heterocycles. The summed E-state index contributed by atoms with van der Waals surface area (Å²) in [5, 5.41) is 35.3. The first kappa shape index (κ1) is 20.2. The summed E-state index contributed by atoms with van der Waals surface area (Å²) in [6, 6.07) is 15.1. The Morgan fingerprint density at radius 3 is 2.57 bits per heavy atom. The van der Waals surface area contributed by atoms with Gasteiger partial charge in [-0.15, -0.1) is 0 Å². The Kier molecular flexibility index (Phi) is 6.14. The van der Waals surface area contributed by atoms with Gasteiger partial charge in [-0.3, -0.25) is 25.7 Å². The van der Waals surface area contributed by atoms with Crippen LogP contribution in [-0.2, 0) is 6.54 Å². The summed E-state index contributed by atoms with van der Waals surface area (Å²) in [7, 11) is 0. The molecular formula is C20H16N6O4. The topological polar surface area (TPSA) is 138 Å². The first-order chi connectivity index (χ1) is 14.5. The highest BCUT2D eigenvalue weighted by atomic mass is 16.6. The molecule has 0 unspecified atom stereocenters. The smallest absolute Gasteiger partial charge is 0.301 e. The van der Waals surface area contributed by atoms with Crippen LogP contribution in [0, 0.1) is 31.6 Å². The fourth-order valence-corrected chi connectivity index (χ4v) is 2.86. The quantitative estimate of drug-likeness (QED) is 0.416. The lowest BCUT2D eigenvalue weighted by Crippen LogP contribution is -2.15. The minimum atomic E-state index is -0.719. The van der Waals surface area contributed by atoms with Gasteiger partial charge in [0.25, 0.3) is 5.69 Å². The van der Waals surface area contributed by atoms with Gasteiger partial charge in [0.05, 0.1) is 33.8 Å². The van der Waals surface area contributed by atoms with Gasteiger partial charge in [0.15, 0.2) is 0 Å². The third-order valence-electron chi connectivity index (χ3n) is 4.20. The molecule has 0 bridgehead atoms. The lowest BCUT2D eigenvalue weighted by Gasteiger charge is -2.21. The van der Waals surface area contributed by atoms with Crippen molar-refractivity contribution in [3.05, 3.63) is 97.9 Å². The standard InChI is InChI=1S/C20H16N6O4/c21-10-16-8-17(14-24(13-16)12-15-4-2-1-3-5-15)11-22-23-19-7-6-18(25(27)28)9-20(19)26(29)30/h1-7,9,11,13-14,23H,8,12H2/b22-11+. The van der Waals surface area contributed by atoms with E-state index in [0.717, 1.165) is 23.3 Å². The van der Waals surface area contributed by atoms with Gasteiger partial charge < -0.3 is 4.90 Å². The highest BCUT2D eigenvalue weighted by molar-refractivity contribution is 5.81. The molecule has 0 aromatic heterocycles. The van der Waals surface area contributed by atoms with Crippen molar-refractivity contribution in [2.24, 2.45) is 5.10 Å². The number of hydrogen-bond donors (Lipinski definition) is 1. The summed E-state index contributed by atoms with van der Waals surface area (Å²) in [5.74, 6) is 0. The molecule has 1 aliphatic rings. The SMILES string of the molecule is N#CC1=CN(Cc2ccccc2)C=C(/C=N/Nc2ccc([N+](=O)[O-])cc2[N+](=O)[O-])C1. The predicted molar refractivity (Wildman–Crippen MR) is 110 cm³/mol. The number of non-ortho nitro benzene ring substituents is 1. The number of anilines is 1. The molecule has 0 radical (unpaired) electrons. The van der Waals surface area contributed by atoms with Gasteiger partial charge in [-0.25, -0.2) is 0 Å². The monoisotopic (exact) mass is 404 g/mol. The van der Waals surface area contributed by atoms with Crippen LogP contribution in [-0.4, -0.2) is 21.0 Å². The molecule has 0 amide bonds. The largest absolute Gasteiger partial charge is 0.349 e. The Labute approximate surface area is 171 Å². The molecule has 10 heteroatoms. The van der Waals surface area contributed by atoms with E-state index in [1.54, 1.807) is 6.20 Å². The predicted octanol–water partition coefficient (Wildman–Crippen LogP) is 4.10. The molecule has 1 N–H and O–H groups in total. The molecule has 3 rings (SSSR count). The number of nitro benzene ring substituents is 2. The number of nitro groups is 2. The minimum absolute atomic E-state index is 0.0236. The van der Waals surface area contributed by atoms with Gasteiger partial charge in [0, 0.05) is 31.4 Å². The Hall–Kier alpha value is -4.52. The van der Waals surface area contributed by atoms with E-state index in [2.05, 4.69) is 16.6 Å². The van der Waals surface area contributed by atoms with Crippen molar-refractivity contribution in [2.75, 3.05) is 5.43 Å². The van der Waals surface area contributed by atoms with Crippen LogP contribution in [0.1, 0.15) is 12.0 Å². The fourth-order valence-electron chi connectivity index (χ4n) is 2.86. The van der Waals surface area contributed by atoms with E-state index in [0.29, 0.717) is 18.5 Å². The molecule has 0 saturated carbocycles. The van der Waals surface area contributed by atoms with Crippen LogP contribution in [0.15, 0.2) is 77.2 Å². The Morgan fingerprint density at radius 2 is 1.90 bits per heavy atom. The van der Waals surface area contributed by atoms with Gasteiger partial charge in [-0.05, 0) is 17.2 Å². The molecule has 0 saturated heterocycles. The van der Waals surface area contributed by atoms with E-state index in [-0.39, 0.29) is 11.4 Å². The number of hydrogen-bond acceptors (Lipinski definition) is 8. The zero-order valence-electron chi connectivity index (χ0n) is 15.6. The molecule has 0 atom stereocenters. The highest BCUT2D eigenvalue weighted by Crippen LogP contribution is 2.29. The minimum Gasteiger partial charge on any atom is -0.349 e. The summed E-state index contributed by atoms with van der Waals surface area (Å²) in [6.07, 6.45) is 5.44. The summed E-state index contributed by atoms with van der Waals surface area (Å²) in [4.78, 5) is 22.5. The van der Waals surface area contributed by atoms with E-state index < -0.39 is 15.5 Å². The van der Waals surface area contributed by atoms with Crippen LogP contribution >= 0.6 is 0 Å². The van der Waals surface area contributed by atoms with E-state index in [1.165, 1.54) is 12.3 Å². The zero-order valence-corrected chi connectivity index (χ0v) is 15.6. The number of rotatable bonds is 7. The molecule has 2 aromatic carbocycles. The van der Waals surface area contributed by atoms with Gasteiger partial charge in [-0.2, -0.15) is 10.4 Å². The maximum Gasteiger partial charge on any atom is 0.301 e. The van der Waals surface area contributed by atoms with Crippen molar-refractivity contribution in [3.63, 3.8) is 0 Å². The first-order valence-corrected chi connectivity index (χ1v) is 8.79. The van der Waals surface area contributed by atoms with E-state index >= 15 is 0 Å². The first-order valence-electron chi connectivity index (χ1n) is 8.79. The van der Waals surface area contributed by atoms with E-state index in [9.17, 15) is 25.5 Å². The molecule has 2 aromatic rings. The Bertz CT molecular complexity index is 1100. The molecule has 0 spiro atoms. The third-order valence-corrected chi connectivity index (χ3v) is 4.20. The summed E-state index contributed by atoms with van der Waals surface area (Å²) < 4.78 is 0. The van der Waals surface area contributed by atoms with Crippen LogP contribution in [0.4, 0.5) is 17.1 Å². The fraction of sp³-hybridized carbons (Fsp3) is 0.100. The number of allylic oxidation sites excluding steroid dienone is 2. The molecule has 0 fully saturated rings. The number of nitrogens with zero attached hydrogens (tertiary/aromatic N) is 5. The molecule has 150 valence electrons. The van der Waals surface area contributed by atoms with Gasteiger partial charge >= 0.3 is 5.69 Å². The second-order valence-corrected chi connectivity index (χ2v) is 6.39. The average molecular weight is 404 g/mol. The normalized spacial score (nSPS) is 13.4. The number of benzene rings is 2. The van der Waals surface area contributed by atoms with Crippen molar-refractivity contribution >= 4 is 23.3 Å². The van der Waals surface area contributed by atoms with Crippen LogP contribution in [0.25, 0.3) is 0 Å². The van der Waals surface area contributed by atoms with E-state index in [1.807, 2.05) is 41.4 Å².